The quantitative estimate of drug-likeness (QED) is 0.353. The number of aryl methyl sites for hydroxylation is 1. The molecule has 2 N–H and O–H groups in total. The third-order valence-electron chi connectivity index (χ3n) is 4.62. The summed E-state index contributed by atoms with van der Waals surface area (Å²) in [5.74, 6) is -1.69. The fourth-order valence-electron chi connectivity index (χ4n) is 3.03. The van der Waals surface area contributed by atoms with E-state index in [4.69, 9.17) is 6.57 Å². The van der Waals surface area contributed by atoms with Crippen molar-refractivity contribution in [3.63, 3.8) is 0 Å². The van der Waals surface area contributed by atoms with Crippen molar-refractivity contribution in [1.29, 1.82) is 0 Å². The van der Waals surface area contributed by atoms with Crippen molar-refractivity contribution < 1.29 is 17.6 Å². The second-order valence-electron chi connectivity index (χ2n) is 6.54. The zero-order chi connectivity index (χ0) is 22.2. The van der Waals surface area contributed by atoms with Crippen LogP contribution in [-0.2, 0) is 16.6 Å². The van der Waals surface area contributed by atoms with E-state index in [1.54, 1.807) is 6.92 Å². The maximum Gasteiger partial charge on any atom is 0.265 e. The van der Waals surface area contributed by atoms with Gasteiger partial charge in [0.05, 0.1) is 24.0 Å². The van der Waals surface area contributed by atoms with Crippen LogP contribution in [0.3, 0.4) is 0 Å². The SMILES string of the molecule is [C-]#[N+]c1cnc2[nH]cc(C(=O)c3cccc(NS(=O)(=O)c4cnn(CC)c4)c3F)c2c1. The van der Waals surface area contributed by atoms with Crippen LogP contribution in [0.1, 0.15) is 22.8 Å². The van der Waals surface area contributed by atoms with Crippen molar-refractivity contribution in [2.24, 2.45) is 0 Å². The summed E-state index contributed by atoms with van der Waals surface area (Å²) < 4.78 is 43.9. The van der Waals surface area contributed by atoms with E-state index in [0.29, 0.717) is 17.6 Å². The topological polar surface area (TPSA) is 114 Å². The van der Waals surface area contributed by atoms with E-state index >= 15 is 4.39 Å². The Morgan fingerprint density at radius 2 is 2.13 bits per heavy atom. The summed E-state index contributed by atoms with van der Waals surface area (Å²) in [5.41, 5.74) is 0.0429. The summed E-state index contributed by atoms with van der Waals surface area (Å²) in [6.45, 7) is 9.38. The van der Waals surface area contributed by atoms with Gasteiger partial charge in [-0.25, -0.2) is 17.7 Å². The normalized spacial score (nSPS) is 11.4. The number of sulfonamides is 1. The molecule has 0 atom stereocenters. The van der Waals surface area contributed by atoms with E-state index in [2.05, 4.69) is 24.6 Å². The lowest BCUT2D eigenvalue weighted by Crippen LogP contribution is -2.15. The zero-order valence-electron chi connectivity index (χ0n) is 16.1. The number of rotatable bonds is 6. The molecule has 4 aromatic rings. The molecule has 0 unspecified atom stereocenters. The standard InChI is InChI=1S/C20H15FN6O3S/c1-3-27-11-13(9-25-27)31(29,30)26-17-6-4-5-14(18(17)21)19(28)16-10-24-20-15(16)7-12(22-2)8-23-20/h4-11,26H,3H2,1H3,(H,23,24). The van der Waals surface area contributed by atoms with Crippen LogP contribution >= 0.6 is 0 Å². The minimum absolute atomic E-state index is 0.121. The first-order valence-corrected chi connectivity index (χ1v) is 10.6. The van der Waals surface area contributed by atoms with Crippen LogP contribution in [0.4, 0.5) is 15.8 Å². The molecular weight excluding hydrogens is 423 g/mol. The number of aromatic nitrogens is 4. The van der Waals surface area contributed by atoms with Gasteiger partial charge in [0, 0.05) is 36.1 Å². The van der Waals surface area contributed by atoms with Gasteiger partial charge in [-0.1, -0.05) is 6.07 Å². The Labute approximate surface area is 176 Å². The molecule has 0 radical (unpaired) electrons. The van der Waals surface area contributed by atoms with Crippen LogP contribution in [0.25, 0.3) is 15.9 Å². The van der Waals surface area contributed by atoms with Crippen molar-refractivity contribution in [3.8, 4) is 0 Å². The Kier molecular flexibility index (Phi) is 5.00. The van der Waals surface area contributed by atoms with E-state index in [9.17, 15) is 13.2 Å². The number of benzene rings is 1. The van der Waals surface area contributed by atoms with Crippen LogP contribution in [-0.4, -0.2) is 33.9 Å². The molecule has 11 heteroatoms. The van der Waals surface area contributed by atoms with Gasteiger partial charge in [0.2, 0.25) is 5.69 Å². The van der Waals surface area contributed by atoms with Gasteiger partial charge in [-0.2, -0.15) is 5.10 Å². The summed E-state index contributed by atoms with van der Waals surface area (Å²) >= 11 is 0. The Bertz CT molecular complexity index is 1470. The number of H-pyrrole nitrogens is 1. The van der Waals surface area contributed by atoms with Gasteiger partial charge in [-0.15, -0.1) is 0 Å². The number of hydrogen-bond acceptors (Lipinski definition) is 5. The van der Waals surface area contributed by atoms with Crippen LogP contribution in [0.15, 0.2) is 53.9 Å². The Morgan fingerprint density at radius 3 is 2.84 bits per heavy atom. The average molecular weight is 438 g/mol. The van der Waals surface area contributed by atoms with Crippen molar-refractivity contribution in [3.05, 3.63) is 77.4 Å². The van der Waals surface area contributed by atoms with Crippen molar-refractivity contribution in [1.82, 2.24) is 19.7 Å². The summed E-state index contributed by atoms with van der Waals surface area (Å²) in [6, 6.07) is 5.34. The predicted molar refractivity (Wildman–Crippen MR) is 111 cm³/mol. The third kappa shape index (κ3) is 3.64. The van der Waals surface area contributed by atoms with E-state index in [-0.39, 0.29) is 27.4 Å². The molecule has 0 bridgehead atoms. The summed E-state index contributed by atoms with van der Waals surface area (Å²) in [7, 11) is -4.10. The number of carbonyl (C=O) groups is 1. The Hall–Kier alpha value is -4.04. The minimum Gasteiger partial charge on any atom is -0.345 e. The highest BCUT2D eigenvalue weighted by Gasteiger charge is 2.23. The highest BCUT2D eigenvalue weighted by atomic mass is 32.2. The molecule has 0 amide bonds. The van der Waals surface area contributed by atoms with E-state index in [1.165, 1.54) is 47.5 Å². The van der Waals surface area contributed by atoms with Gasteiger partial charge < -0.3 is 4.98 Å². The first kappa shape index (κ1) is 20.2. The number of anilines is 1. The molecule has 0 saturated carbocycles. The molecule has 0 saturated heterocycles. The number of fused-ring (bicyclic) bond motifs is 1. The van der Waals surface area contributed by atoms with Gasteiger partial charge in [-0.3, -0.25) is 19.2 Å². The number of aromatic amines is 1. The number of ketones is 1. The van der Waals surface area contributed by atoms with Gasteiger partial charge in [0.1, 0.15) is 10.5 Å². The molecule has 3 heterocycles. The predicted octanol–water partition coefficient (Wildman–Crippen LogP) is 3.50. The highest BCUT2D eigenvalue weighted by molar-refractivity contribution is 7.92. The highest BCUT2D eigenvalue weighted by Crippen LogP contribution is 2.27. The summed E-state index contributed by atoms with van der Waals surface area (Å²) in [5, 5.41) is 4.28. The number of halogens is 1. The molecule has 3 aromatic heterocycles. The van der Waals surface area contributed by atoms with Crippen molar-refractivity contribution >= 4 is 38.2 Å². The molecule has 156 valence electrons. The van der Waals surface area contributed by atoms with E-state index in [0.717, 1.165) is 6.20 Å². The average Bonchev–Trinajstić information content (AvgIpc) is 3.41. The smallest absolute Gasteiger partial charge is 0.265 e. The van der Waals surface area contributed by atoms with Crippen molar-refractivity contribution in [2.45, 2.75) is 18.4 Å². The second kappa shape index (κ2) is 7.66. The molecular formula is C20H15FN6O3S. The zero-order valence-corrected chi connectivity index (χ0v) is 16.9. The Balaban J connectivity index is 1.71. The molecule has 0 fully saturated rings. The van der Waals surface area contributed by atoms with Gasteiger partial charge in [0.25, 0.3) is 10.0 Å². The van der Waals surface area contributed by atoms with Crippen LogP contribution in [0.2, 0.25) is 0 Å². The van der Waals surface area contributed by atoms with E-state index < -0.39 is 21.6 Å². The molecule has 0 spiro atoms. The lowest BCUT2D eigenvalue weighted by molar-refractivity contribution is 0.103. The van der Waals surface area contributed by atoms with Gasteiger partial charge >= 0.3 is 0 Å². The first-order valence-electron chi connectivity index (χ1n) is 9.07. The van der Waals surface area contributed by atoms with Crippen molar-refractivity contribution in [2.75, 3.05) is 4.72 Å². The number of nitrogens with zero attached hydrogens (tertiary/aromatic N) is 4. The van der Waals surface area contributed by atoms with Gasteiger partial charge in [0.15, 0.2) is 11.6 Å². The van der Waals surface area contributed by atoms with Gasteiger partial charge in [-0.05, 0) is 25.1 Å². The molecule has 0 aliphatic heterocycles. The number of hydrogen-bond donors (Lipinski definition) is 2. The largest absolute Gasteiger partial charge is 0.345 e. The van der Waals surface area contributed by atoms with Crippen LogP contribution < -0.4 is 4.72 Å². The lowest BCUT2D eigenvalue weighted by atomic mass is 10.0. The number of carbonyl (C=O) groups excluding carboxylic acids is 1. The molecule has 31 heavy (non-hydrogen) atoms. The molecule has 1 aromatic carbocycles. The maximum absolute atomic E-state index is 15.1. The third-order valence-corrected chi connectivity index (χ3v) is 5.94. The second-order valence-corrected chi connectivity index (χ2v) is 8.22. The number of nitrogens with one attached hydrogen (secondary N) is 2. The molecule has 0 aliphatic rings. The van der Waals surface area contributed by atoms with E-state index in [1.807, 2.05) is 0 Å². The molecule has 4 rings (SSSR count). The molecule has 0 aliphatic carbocycles. The van der Waals surface area contributed by atoms with Crippen LogP contribution in [0.5, 0.6) is 0 Å². The fraction of sp³-hybridized carbons (Fsp3) is 0.100. The fourth-order valence-corrected chi connectivity index (χ4v) is 4.04. The lowest BCUT2D eigenvalue weighted by Gasteiger charge is -2.10. The Morgan fingerprint density at radius 1 is 1.32 bits per heavy atom. The maximum atomic E-state index is 15.1. The molecule has 9 nitrogen and oxygen atoms in total. The monoisotopic (exact) mass is 438 g/mol. The summed E-state index contributed by atoms with van der Waals surface area (Å²) in [4.78, 5) is 23.1. The first-order chi connectivity index (χ1) is 14.8. The number of pyridine rings is 1. The van der Waals surface area contributed by atoms with Crippen LogP contribution in [0, 0.1) is 12.4 Å². The minimum atomic E-state index is -4.10. The summed E-state index contributed by atoms with van der Waals surface area (Å²) in [6.07, 6.45) is 5.22.